The molecule has 14 heavy (non-hydrogen) atoms. The van der Waals surface area contributed by atoms with Crippen LogP contribution in [0.15, 0.2) is 24.3 Å². The fourth-order valence-electron chi connectivity index (χ4n) is 1.08. The highest BCUT2D eigenvalue weighted by atomic mass is 16.4. The second kappa shape index (κ2) is 4.50. The number of anilines is 1. The minimum Gasteiger partial charge on any atom is -0.465 e. The normalized spacial score (nSPS) is 9.79. The molecule has 0 saturated carbocycles. The minimum absolute atomic E-state index is 0.499. The number of hydrogen-bond acceptors (Lipinski definition) is 2. The molecule has 0 aromatic heterocycles. The van der Waals surface area contributed by atoms with Crippen LogP contribution in [0.3, 0.4) is 0 Å². The summed E-state index contributed by atoms with van der Waals surface area (Å²) in [6, 6.07) is 7.45. The first-order valence-corrected chi connectivity index (χ1v) is 4.38. The number of nitrogens with two attached hydrogens (primary N) is 1. The van der Waals surface area contributed by atoms with Crippen molar-refractivity contribution in [1.29, 1.82) is 0 Å². The van der Waals surface area contributed by atoms with Crippen molar-refractivity contribution >= 4 is 11.8 Å². The summed E-state index contributed by atoms with van der Waals surface area (Å²) in [5.41, 5.74) is 7.34. The van der Waals surface area contributed by atoms with Gasteiger partial charge in [-0.1, -0.05) is 12.1 Å². The van der Waals surface area contributed by atoms with E-state index in [1.54, 1.807) is 7.05 Å². The summed E-state index contributed by atoms with van der Waals surface area (Å²) in [5, 5.41) is 8.61. The first kappa shape index (κ1) is 10.4. The van der Waals surface area contributed by atoms with Crippen molar-refractivity contribution in [1.82, 2.24) is 4.90 Å². The zero-order chi connectivity index (χ0) is 10.6. The minimum atomic E-state index is -0.902. The van der Waals surface area contributed by atoms with Crippen molar-refractivity contribution in [3.63, 3.8) is 0 Å². The summed E-state index contributed by atoms with van der Waals surface area (Å²) in [5.74, 6) is 0. The van der Waals surface area contributed by atoms with Crippen LogP contribution in [0.2, 0.25) is 0 Å². The Morgan fingerprint density at radius 3 is 2.50 bits per heavy atom. The van der Waals surface area contributed by atoms with E-state index in [0.717, 1.165) is 11.3 Å². The van der Waals surface area contributed by atoms with Gasteiger partial charge in [-0.3, -0.25) is 0 Å². The van der Waals surface area contributed by atoms with Gasteiger partial charge < -0.3 is 15.7 Å². The van der Waals surface area contributed by atoms with Gasteiger partial charge in [0.05, 0.1) is 0 Å². The maximum Gasteiger partial charge on any atom is 0.407 e. The van der Waals surface area contributed by atoms with Crippen LogP contribution in [0.25, 0.3) is 0 Å². The molecule has 0 unspecified atom stereocenters. The Morgan fingerprint density at radius 1 is 1.43 bits per heavy atom. The monoisotopic (exact) mass is 194 g/mol. The summed E-state index contributed by atoms with van der Waals surface area (Å²) >= 11 is 0. The molecule has 0 heterocycles. The fraction of sp³-hybridized carbons (Fsp3) is 0.300. The molecule has 1 rings (SSSR count). The summed E-state index contributed by atoms with van der Waals surface area (Å²) in [6.45, 7) is 0.499. The second-order valence-electron chi connectivity index (χ2n) is 3.20. The molecule has 0 aliphatic carbocycles. The highest BCUT2D eigenvalue weighted by molar-refractivity contribution is 5.64. The Balaban J connectivity index is 2.46. The number of nitrogens with zero attached hydrogens (tertiary/aromatic N) is 1. The highest BCUT2D eigenvalue weighted by Crippen LogP contribution is 2.06. The number of carbonyl (C=O) groups is 1. The number of amides is 1. The molecule has 3 N–H and O–H groups in total. The number of rotatable bonds is 3. The van der Waals surface area contributed by atoms with Gasteiger partial charge in [-0.2, -0.15) is 0 Å². The Morgan fingerprint density at radius 2 is 2.00 bits per heavy atom. The van der Waals surface area contributed by atoms with Gasteiger partial charge in [-0.15, -0.1) is 0 Å². The van der Waals surface area contributed by atoms with E-state index in [1.165, 1.54) is 4.90 Å². The molecule has 0 bridgehead atoms. The van der Waals surface area contributed by atoms with Crippen LogP contribution >= 0.6 is 0 Å². The van der Waals surface area contributed by atoms with Crippen molar-refractivity contribution in [3.8, 4) is 0 Å². The Hall–Kier alpha value is -1.71. The van der Waals surface area contributed by atoms with Crippen molar-refractivity contribution in [2.45, 2.75) is 6.42 Å². The van der Waals surface area contributed by atoms with Crippen LogP contribution in [-0.4, -0.2) is 29.7 Å². The lowest BCUT2D eigenvalue weighted by molar-refractivity contribution is 0.156. The third-order valence-corrected chi connectivity index (χ3v) is 2.04. The molecular weight excluding hydrogens is 180 g/mol. The zero-order valence-corrected chi connectivity index (χ0v) is 8.10. The van der Waals surface area contributed by atoms with Gasteiger partial charge in [0.25, 0.3) is 0 Å². The van der Waals surface area contributed by atoms with Crippen LogP contribution in [0.4, 0.5) is 10.5 Å². The van der Waals surface area contributed by atoms with Crippen molar-refractivity contribution in [3.05, 3.63) is 29.8 Å². The summed E-state index contributed by atoms with van der Waals surface area (Å²) in [4.78, 5) is 11.7. The van der Waals surface area contributed by atoms with Crippen LogP contribution in [-0.2, 0) is 6.42 Å². The van der Waals surface area contributed by atoms with Crippen molar-refractivity contribution in [2.24, 2.45) is 0 Å². The molecule has 1 amide bonds. The van der Waals surface area contributed by atoms with Gasteiger partial charge in [0, 0.05) is 19.3 Å². The smallest absolute Gasteiger partial charge is 0.407 e. The molecule has 1 aromatic carbocycles. The van der Waals surface area contributed by atoms with E-state index in [1.807, 2.05) is 24.3 Å². The first-order valence-electron chi connectivity index (χ1n) is 4.38. The molecule has 4 heteroatoms. The van der Waals surface area contributed by atoms with Gasteiger partial charge in [-0.25, -0.2) is 4.79 Å². The van der Waals surface area contributed by atoms with Gasteiger partial charge in [0.15, 0.2) is 0 Å². The van der Waals surface area contributed by atoms with E-state index in [-0.39, 0.29) is 0 Å². The lowest BCUT2D eigenvalue weighted by Crippen LogP contribution is -2.26. The molecule has 0 saturated heterocycles. The third kappa shape index (κ3) is 2.97. The molecule has 0 aliphatic rings. The molecule has 4 nitrogen and oxygen atoms in total. The van der Waals surface area contributed by atoms with Crippen LogP contribution in [0.5, 0.6) is 0 Å². The lowest BCUT2D eigenvalue weighted by atomic mass is 10.1. The maximum absolute atomic E-state index is 10.5. The Bertz CT molecular complexity index is 308. The second-order valence-corrected chi connectivity index (χ2v) is 3.20. The highest BCUT2D eigenvalue weighted by Gasteiger charge is 2.04. The van der Waals surface area contributed by atoms with Crippen LogP contribution in [0, 0.1) is 0 Å². The fourth-order valence-corrected chi connectivity index (χ4v) is 1.08. The van der Waals surface area contributed by atoms with Gasteiger partial charge in [0.2, 0.25) is 0 Å². The largest absolute Gasteiger partial charge is 0.465 e. The quantitative estimate of drug-likeness (QED) is 0.715. The molecule has 76 valence electrons. The third-order valence-electron chi connectivity index (χ3n) is 2.04. The molecule has 0 atom stereocenters. The van der Waals surface area contributed by atoms with Crippen LogP contribution in [0.1, 0.15) is 5.56 Å². The number of likely N-dealkylation sites (N-methyl/N-ethyl adjacent to an activating group) is 1. The van der Waals surface area contributed by atoms with E-state index < -0.39 is 6.09 Å². The number of carboxylic acid groups (broad SMARTS) is 1. The van der Waals surface area contributed by atoms with E-state index in [9.17, 15) is 4.79 Å². The molecule has 0 spiro atoms. The molecule has 0 aliphatic heterocycles. The Kier molecular flexibility index (Phi) is 3.34. The summed E-state index contributed by atoms with van der Waals surface area (Å²) < 4.78 is 0. The van der Waals surface area contributed by atoms with Gasteiger partial charge >= 0.3 is 6.09 Å². The molecular formula is C10H14N2O2. The first-order chi connectivity index (χ1) is 6.59. The molecule has 0 fully saturated rings. The predicted molar refractivity (Wildman–Crippen MR) is 55.2 cm³/mol. The maximum atomic E-state index is 10.5. The summed E-state index contributed by atoms with van der Waals surface area (Å²) in [6.07, 6.45) is -0.191. The van der Waals surface area contributed by atoms with E-state index in [2.05, 4.69) is 0 Å². The number of nitrogen functional groups attached to an aromatic ring is 1. The Labute approximate surface area is 82.9 Å². The lowest BCUT2D eigenvalue weighted by Gasteiger charge is -2.12. The number of benzene rings is 1. The van der Waals surface area contributed by atoms with Crippen LogP contribution < -0.4 is 5.73 Å². The standard InChI is InChI=1S/C10H14N2O2/c1-12(10(13)14)7-6-8-2-4-9(11)5-3-8/h2-5H,6-7,11H2,1H3,(H,13,14). The predicted octanol–water partition coefficient (Wildman–Crippen LogP) is 1.42. The van der Waals surface area contributed by atoms with Gasteiger partial charge in [0.1, 0.15) is 0 Å². The average Bonchev–Trinajstić information content (AvgIpc) is 2.16. The number of hydrogen-bond donors (Lipinski definition) is 2. The van der Waals surface area contributed by atoms with Crippen molar-refractivity contribution < 1.29 is 9.90 Å². The van der Waals surface area contributed by atoms with E-state index in [4.69, 9.17) is 10.8 Å². The van der Waals surface area contributed by atoms with E-state index >= 15 is 0 Å². The SMILES string of the molecule is CN(CCc1ccc(N)cc1)C(=O)O. The molecule has 1 aromatic rings. The average molecular weight is 194 g/mol. The topological polar surface area (TPSA) is 66.6 Å². The van der Waals surface area contributed by atoms with Crippen molar-refractivity contribution in [2.75, 3.05) is 19.3 Å². The van der Waals surface area contributed by atoms with Gasteiger partial charge in [-0.05, 0) is 24.1 Å². The van der Waals surface area contributed by atoms with E-state index in [0.29, 0.717) is 13.0 Å². The summed E-state index contributed by atoms with van der Waals surface area (Å²) in [7, 11) is 1.56. The molecule has 0 radical (unpaired) electrons. The zero-order valence-electron chi connectivity index (χ0n) is 8.10.